The van der Waals surface area contributed by atoms with Gasteiger partial charge in [0.05, 0.1) is 10.6 Å². The molecular weight excluding hydrogens is 312 g/mol. The van der Waals surface area contributed by atoms with E-state index >= 15 is 0 Å². The highest BCUT2D eigenvalue weighted by atomic mass is 32.2. The molecule has 1 aromatic heterocycles. The molecule has 0 saturated carbocycles. The predicted octanol–water partition coefficient (Wildman–Crippen LogP) is 1.90. The first kappa shape index (κ1) is 16.1. The summed E-state index contributed by atoms with van der Waals surface area (Å²) in [6.07, 6.45) is 1.06. The maximum absolute atomic E-state index is 11.8. The van der Waals surface area contributed by atoms with Gasteiger partial charge >= 0.3 is 0 Å². The minimum atomic E-state index is -3.12. The minimum absolute atomic E-state index is 0.135. The molecule has 0 radical (unpaired) electrons. The molecule has 0 bridgehead atoms. The van der Waals surface area contributed by atoms with E-state index in [1.54, 1.807) is 19.1 Å². The number of aromatic amines is 1. The van der Waals surface area contributed by atoms with Gasteiger partial charge in [-0.3, -0.25) is 10.00 Å². The van der Waals surface area contributed by atoms with Crippen molar-refractivity contribution >= 4 is 9.84 Å². The number of sulfone groups is 1. The summed E-state index contributed by atoms with van der Waals surface area (Å²) in [6.45, 7) is 6.35. The Morgan fingerprint density at radius 2 is 2.04 bits per heavy atom. The van der Waals surface area contributed by atoms with E-state index < -0.39 is 9.84 Å². The second-order valence-corrected chi connectivity index (χ2v) is 8.33. The topological polar surface area (TPSA) is 79.0 Å². The smallest absolute Gasteiger partial charge is 0.178 e. The third-order valence-corrected chi connectivity index (χ3v) is 6.07. The van der Waals surface area contributed by atoms with E-state index in [0.29, 0.717) is 10.8 Å². The second kappa shape index (κ2) is 6.41. The first-order valence-electron chi connectivity index (χ1n) is 7.91. The summed E-state index contributed by atoms with van der Waals surface area (Å²) in [5, 5.41) is 7.16. The highest BCUT2D eigenvalue weighted by Gasteiger charge is 2.26. The van der Waals surface area contributed by atoms with Gasteiger partial charge in [0.1, 0.15) is 5.82 Å². The summed E-state index contributed by atoms with van der Waals surface area (Å²) in [5.41, 5.74) is 1.13. The Morgan fingerprint density at radius 1 is 1.30 bits per heavy atom. The van der Waals surface area contributed by atoms with E-state index in [0.717, 1.165) is 43.3 Å². The Bertz CT molecular complexity index is 768. The lowest BCUT2D eigenvalue weighted by Crippen LogP contribution is -2.20. The van der Waals surface area contributed by atoms with Gasteiger partial charge in [-0.2, -0.15) is 5.10 Å². The number of likely N-dealkylation sites (tertiary alicyclic amines) is 1. The fraction of sp³-hybridized carbons (Fsp3) is 0.500. The van der Waals surface area contributed by atoms with Crippen LogP contribution in [0, 0.1) is 6.92 Å². The van der Waals surface area contributed by atoms with E-state index in [4.69, 9.17) is 0 Å². The van der Waals surface area contributed by atoms with Crippen LogP contribution in [0.3, 0.4) is 0 Å². The molecule has 1 aliphatic rings. The molecule has 1 aliphatic heterocycles. The lowest BCUT2D eigenvalue weighted by atomic mass is 10.1. The minimum Gasteiger partial charge on any atom is -0.298 e. The van der Waals surface area contributed by atoms with Crippen LogP contribution in [-0.4, -0.2) is 47.3 Å². The van der Waals surface area contributed by atoms with E-state index in [2.05, 4.69) is 20.1 Å². The summed E-state index contributed by atoms with van der Waals surface area (Å²) in [7, 11) is -3.12. The molecule has 7 heteroatoms. The Morgan fingerprint density at radius 3 is 2.65 bits per heavy atom. The molecule has 1 fully saturated rings. The van der Waals surface area contributed by atoms with Crippen LogP contribution in [0.15, 0.2) is 29.2 Å². The first-order valence-corrected chi connectivity index (χ1v) is 9.56. The van der Waals surface area contributed by atoms with E-state index in [9.17, 15) is 8.42 Å². The van der Waals surface area contributed by atoms with Crippen molar-refractivity contribution in [3.05, 3.63) is 41.5 Å². The van der Waals surface area contributed by atoms with Gasteiger partial charge in [0.2, 0.25) is 0 Å². The lowest BCUT2D eigenvalue weighted by Gasteiger charge is -2.15. The van der Waals surface area contributed by atoms with Gasteiger partial charge in [-0.1, -0.05) is 19.1 Å². The van der Waals surface area contributed by atoms with Crippen LogP contribution >= 0.6 is 0 Å². The zero-order valence-corrected chi connectivity index (χ0v) is 14.3. The van der Waals surface area contributed by atoms with Gasteiger partial charge in [-0.25, -0.2) is 13.4 Å². The monoisotopic (exact) mass is 334 g/mol. The van der Waals surface area contributed by atoms with Crippen molar-refractivity contribution in [3.63, 3.8) is 0 Å². The number of rotatable bonds is 5. The summed E-state index contributed by atoms with van der Waals surface area (Å²) in [5.74, 6) is 2.26. The molecule has 1 unspecified atom stereocenters. The van der Waals surface area contributed by atoms with Crippen molar-refractivity contribution in [2.24, 2.45) is 0 Å². The molecule has 3 rings (SSSR count). The van der Waals surface area contributed by atoms with Gasteiger partial charge in [-0.05, 0) is 37.6 Å². The summed E-state index contributed by atoms with van der Waals surface area (Å²) in [6, 6.07) is 7.24. The normalized spacial score (nSPS) is 19.3. The van der Waals surface area contributed by atoms with Crippen LogP contribution in [0.5, 0.6) is 0 Å². The average molecular weight is 334 g/mol. The van der Waals surface area contributed by atoms with Crippen LogP contribution in [-0.2, 0) is 16.4 Å². The Hall–Kier alpha value is -1.73. The SMILES string of the molecule is CCS(=O)(=O)c1ccc(CN2CCC(c3n[nH]c(C)n3)C2)cc1. The summed E-state index contributed by atoms with van der Waals surface area (Å²) >= 11 is 0. The molecule has 1 atom stereocenters. The predicted molar refractivity (Wildman–Crippen MR) is 87.9 cm³/mol. The molecule has 1 aromatic carbocycles. The van der Waals surface area contributed by atoms with Crippen LogP contribution in [0.2, 0.25) is 0 Å². The highest BCUT2D eigenvalue weighted by molar-refractivity contribution is 7.91. The number of aryl methyl sites for hydroxylation is 1. The van der Waals surface area contributed by atoms with E-state index in [1.165, 1.54) is 0 Å². The number of aromatic nitrogens is 3. The van der Waals surface area contributed by atoms with E-state index in [1.807, 2.05) is 19.1 Å². The Labute approximate surface area is 136 Å². The molecule has 124 valence electrons. The van der Waals surface area contributed by atoms with Crippen molar-refractivity contribution < 1.29 is 8.42 Å². The molecule has 2 heterocycles. The maximum atomic E-state index is 11.8. The molecule has 0 amide bonds. The maximum Gasteiger partial charge on any atom is 0.178 e. The number of hydrogen-bond donors (Lipinski definition) is 1. The summed E-state index contributed by atoms with van der Waals surface area (Å²) < 4.78 is 23.7. The Balaban J connectivity index is 1.62. The quantitative estimate of drug-likeness (QED) is 0.903. The third-order valence-electron chi connectivity index (χ3n) is 4.32. The van der Waals surface area contributed by atoms with Crippen LogP contribution in [0.25, 0.3) is 0 Å². The average Bonchev–Trinajstić information content (AvgIpc) is 3.17. The second-order valence-electron chi connectivity index (χ2n) is 6.05. The Kier molecular flexibility index (Phi) is 4.50. The fourth-order valence-electron chi connectivity index (χ4n) is 2.96. The van der Waals surface area contributed by atoms with Crippen LogP contribution in [0.4, 0.5) is 0 Å². The molecule has 2 aromatic rings. The molecule has 1 N–H and O–H groups in total. The summed E-state index contributed by atoms with van der Waals surface area (Å²) in [4.78, 5) is 7.19. The third kappa shape index (κ3) is 3.61. The van der Waals surface area contributed by atoms with Gasteiger partial charge in [0, 0.05) is 19.0 Å². The largest absolute Gasteiger partial charge is 0.298 e. The molecular formula is C16H22N4O2S. The standard InChI is InChI=1S/C16H22N4O2S/c1-3-23(21,22)15-6-4-13(5-7-15)10-20-9-8-14(11-20)16-17-12(2)18-19-16/h4-7,14H,3,8-11H2,1-2H3,(H,17,18,19). The van der Waals surface area contributed by atoms with E-state index in [-0.39, 0.29) is 5.75 Å². The van der Waals surface area contributed by atoms with Gasteiger partial charge < -0.3 is 0 Å². The molecule has 1 saturated heterocycles. The van der Waals surface area contributed by atoms with Crippen LogP contribution in [0.1, 0.15) is 36.5 Å². The first-order chi connectivity index (χ1) is 11.0. The number of nitrogens with zero attached hydrogens (tertiary/aromatic N) is 3. The lowest BCUT2D eigenvalue weighted by molar-refractivity contribution is 0.325. The zero-order chi connectivity index (χ0) is 16.4. The highest BCUT2D eigenvalue weighted by Crippen LogP contribution is 2.26. The number of benzene rings is 1. The van der Waals surface area contributed by atoms with Crippen molar-refractivity contribution in [3.8, 4) is 0 Å². The fourth-order valence-corrected chi connectivity index (χ4v) is 3.84. The number of H-pyrrole nitrogens is 1. The van der Waals surface area contributed by atoms with Crippen molar-refractivity contribution in [2.45, 2.75) is 37.6 Å². The van der Waals surface area contributed by atoms with Crippen molar-refractivity contribution in [1.29, 1.82) is 0 Å². The van der Waals surface area contributed by atoms with Crippen molar-refractivity contribution in [2.75, 3.05) is 18.8 Å². The molecule has 23 heavy (non-hydrogen) atoms. The van der Waals surface area contributed by atoms with Gasteiger partial charge in [-0.15, -0.1) is 0 Å². The molecule has 6 nitrogen and oxygen atoms in total. The van der Waals surface area contributed by atoms with Gasteiger partial charge in [0.25, 0.3) is 0 Å². The number of nitrogens with one attached hydrogen (secondary N) is 1. The molecule has 0 aliphatic carbocycles. The van der Waals surface area contributed by atoms with Crippen molar-refractivity contribution in [1.82, 2.24) is 20.1 Å². The zero-order valence-electron chi connectivity index (χ0n) is 13.5. The van der Waals surface area contributed by atoms with Gasteiger partial charge in [0.15, 0.2) is 15.7 Å². The number of hydrogen-bond acceptors (Lipinski definition) is 5. The molecule has 0 spiro atoms. The van der Waals surface area contributed by atoms with Crippen LogP contribution < -0.4 is 0 Å².